The van der Waals surface area contributed by atoms with E-state index in [2.05, 4.69) is 6.92 Å². The first-order valence-corrected chi connectivity index (χ1v) is 11.4. The topological polar surface area (TPSA) is 108 Å². The Morgan fingerprint density at radius 2 is 1.80 bits per heavy atom. The molecule has 4 fully saturated rings. The molecule has 4 aliphatic rings. The van der Waals surface area contributed by atoms with Crippen molar-refractivity contribution in [2.75, 3.05) is 0 Å². The summed E-state index contributed by atoms with van der Waals surface area (Å²) in [5, 5.41) is 33.8. The van der Waals surface area contributed by atoms with Crippen molar-refractivity contribution in [3.05, 3.63) is 34.4 Å². The van der Waals surface area contributed by atoms with Gasteiger partial charge >= 0.3 is 5.63 Å². The van der Waals surface area contributed by atoms with Crippen LogP contribution in [0.4, 0.5) is 0 Å². The number of rotatable bonds is 2. The van der Waals surface area contributed by atoms with E-state index >= 15 is 0 Å². The van der Waals surface area contributed by atoms with Gasteiger partial charge in [-0.15, -0.1) is 0 Å². The number of hydrogen-bond acceptors (Lipinski definition) is 6. The van der Waals surface area contributed by atoms with E-state index in [0.717, 1.165) is 31.1 Å². The highest BCUT2D eigenvalue weighted by atomic mass is 16.4. The maximum absolute atomic E-state index is 12.5. The molecule has 0 saturated heterocycles. The quantitative estimate of drug-likeness (QED) is 0.640. The number of carbonyl (C=O) groups excluding carboxylic acids is 1. The standard InChI is InChI=1S/C24H32O6/c1-21-8-5-18-19(6-10-23(28)12-16(26)4-9-22(18,23)14-25)24(21,29)11-7-17(21)15-2-3-20(27)30-13-15/h2-3,13-14,16-19,26,28-29H,4-12H2,1H3/t16-,17?,18?,19+,21+,22-,23-,24-/m0/s1. The van der Waals surface area contributed by atoms with Crippen LogP contribution >= 0.6 is 0 Å². The van der Waals surface area contributed by atoms with Crippen molar-refractivity contribution in [3.8, 4) is 0 Å². The van der Waals surface area contributed by atoms with Gasteiger partial charge in [-0.25, -0.2) is 4.79 Å². The number of carbonyl (C=O) groups is 1. The molecule has 30 heavy (non-hydrogen) atoms. The van der Waals surface area contributed by atoms with Crippen LogP contribution in [0.3, 0.4) is 0 Å². The summed E-state index contributed by atoms with van der Waals surface area (Å²) in [6, 6.07) is 3.26. The molecule has 0 amide bonds. The lowest BCUT2D eigenvalue weighted by Crippen LogP contribution is -2.68. The zero-order valence-corrected chi connectivity index (χ0v) is 17.5. The fraction of sp³-hybridized carbons (Fsp3) is 0.750. The van der Waals surface area contributed by atoms with Gasteiger partial charge in [0.2, 0.25) is 0 Å². The van der Waals surface area contributed by atoms with Crippen LogP contribution < -0.4 is 5.63 Å². The molecule has 3 N–H and O–H groups in total. The number of aliphatic hydroxyl groups excluding tert-OH is 1. The normalized spacial score (nSPS) is 50.3. The van der Waals surface area contributed by atoms with Gasteiger partial charge in [-0.2, -0.15) is 0 Å². The monoisotopic (exact) mass is 416 g/mol. The van der Waals surface area contributed by atoms with E-state index in [4.69, 9.17) is 4.42 Å². The molecule has 5 rings (SSSR count). The second-order valence-electron chi connectivity index (χ2n) is 10.7. The average molecular weight is 417 g/mol. The fourth-order valence-corrected chi connectivity index (χ4v) is 8.25. The average Bonchev–Trinajstić information content (AvgIpc) is 2.99. The van der Waals surface area contributed by atoms with Crippen molar-refractivity contribution in [2.24, 2.45) is 22.7 Å². The van der Waals surface area contributed by atoms with Gasteiger partial charge in [0.1, 0.15) is 6.29 Å². The minimum atomic E-state index is -1.18. The van der Waals surface area contributed by atoms with Gasteiger partial charge in [0.05, 0.1) is 29.0 Å². The number of aldehydes is 1. The van der Waals surface area contributed by atoms with Crippen LogP contribution in [-0.2, 0) is 4.79 Å². The Labute approximate surface area is 176 Å². The Morgan fingerprint density at radius 1 is 1.03 bits per heavy atom. The maximum atomic E-state index is 12.5. The molecule has 2 unspecified atom stereocenters. The van der Waals surface area contributed by atoms with Gasteiger partial charge in [-0.05, 0) is 80.8 Å². The van der Waals surface area contributed by atoms with E-state index in [1.54, 1.807) is 0 Å². The summed E-state index contributed by atoms with van der Waals surface area (Å²) >= 11 is 0. The molecule has 0 spiro atoms. The summed E-state index contributed by atoms with van der Waals surface area (Å²) in [5.41, 5.74) is -2.79. The van der Waals surface area contributed by atoms with Crippen molar-refractivity contribution in [1.82, 2.24) is 0 Å². The van der Waals surface area contributed by atoms with E-state index in [0.29, 0.717) is 32.1 Å². The first-order chi connectivity index (χ1) is 14.2. The first kappa shape index (κ1) is 20.4. The third-order valence-electron chi connectivity index (χ3n) is 9.84. The van der Waals surface area contributed by atoms with Crippen LogP contribution in [0.15, 0.2) is 27.6 Å². The highest BCUT2D eigenvalue weighted by Crippen LogP contribution is 2.70. The SMILES string of the molecule is C[C@]12CCC3[C@@H](CC[C@]4(O)C[C@@H](O)CC[C@]34C=O)[C@@]1(O)CCC2c1ccc(=O)oc1. The fourth-order valence-electron chi connectivity index (χ4n) is 8.25. The molecule has 164 valence electrons. The van der Waals surface area contributed by atoms with Crippen LogP contribution in [0.1, 0.15) is 76.2 Å². The van der Waals surface area contributed by atoms with Crippen molar-refractivity contribution in [2.45, 2.75) is 87.9 Å². The van der Waals surface area contributed by atoms with Gasteiger partial charge in [0, 0.05) is 17.9 Å². The van der Waals surface area contributed by atoms with Crippen LogP contribution in [0.2, 0.25) is 0 Å². The van der Waals surface area contributed by atoms with Crippen molar-refractivity contribution in [1.29, 1.82) is 0 Å². The van der Waals surface area contributed by atoms with Gasteiger partial charge in [-0.3, -0.25) is 0 Å². The molecule has 0 aliphatic heterocycles. The summed E-state index contributed by atoms with van der Waals surface area (Å²) in [6.45, 7) is 2.14. The Hall–Kier alpha value is -1.50. The third-order valence-corrected chi connectivity index (χ3v) is 9.84. The summed E-state index contributed by atoms with van der Waals surface area (Å²) in [7, 11) is 0. The largest absolute Gasteiger partial charge is 0.431 e. The smallest absolute Gasteiger partial charge is 0.335 e. The van der Waals surface area contributed by atoms with E-state index < -0.39 is 22.7 Å². The zero-order chi connectivity index (χ0) is 21.4. The molecule has 0 radical (unpaired) electrons. The minimum Gasteiger partial charge on any atom is -0.431 e. The Kier molecular flexibility index (Phi) is 4.42. The van der Waals surface area contributed by atoms with Crippen molar-refractivity contribution >= 4 is 6.29 Å². The summed E-state index contributed by atoms with van der Waals surface area (Å²) in [5.74, 6) is -0.0431. The van der Waals surface area contributed by atoms with Crippen molar-refractivity contribution in [3.63, 3.8) is 0 Å². The molecule has 6 nitrogen and oxygen atoms in total. The van der Waals surface area contributed by atoms with Crippen LogP contribution in [0.5, 0.6) is 0 Å². The van der Waals surface area contributed by atoms with Crippen LogP contribution in [0, 0.1) is 22.7 Å². The lowest BCUT2D eigenvalue weighted by Gasteiger charge is -2.65. The van der Waals surface area contributed by atoms with E-state index in [1.807, 2.05) is 6.07 Å². The molecular formula is C24H32O6. The Balaban J connectivity index is 1.53. The summed E-state index contributed by atoms with van der Waals surface area (Å²) < 4.78 is 5.12. The maximum Gasteiger partial charge on any atom is 0.335 e. The second-order valence-corrected chi connectivity index (χ2v) is 10.7. The zero-order valence-electron chi connectivity index (χ0n) is 17.5. The molecule has 8 atom stereocenters. The predicted molar refractivity (Wildman–Crippen MR) is 109 cm³/mol. The summed E-state index contributed by atoms with van der Waals surface area (Å²) in [6.07, 6.45) is 7.24. The highest BCUT2D eigenvalue weighted by molar-refractivity contribution is 5.64. The van der Waals surface area contributed by atoms with Gasteiger partial charge in [0.15, 0.2) is 0 Å². The first-order valence-electron chi connectivity index (χ1n) is 11.4. The molecule has 4 saturated carbocycles. The van der Waals surface area contributed by atoms with E-state index in [-0.39, 0.29) is 35.2 Å². The van der Waals surface area contributed by atoms with Crippen LogP contribution in [0.25, 0.3) is 0 Å². The van der Waals surface area contributed by atoms with Crippen LogP contribution in [-0.4, -0.2) is 38.9 Å². The Morgan fingerprint density at radius 3 is 2.50 bits per heavy atom. The lowest BCUT2D eigenvalue weighted by molar-refractivity contribution is -0.247. The molecule has 0 aromatic carbocycles. The van der Waals surface area contributed by atoms with E-state index in [9.17, 15) is 24.9 Å². The Bertz CT molecular complexity index is 891. The number of aliphatic hydroxyl groups is 3. The van der Waals surface area contributed by atoms with Crippen molar-refractivity contribution < 1.29 is 24.5 Å². The van der Waals surface area contributed by atoms with Gasteiger partial charge < -0.3 is 24.5 Å². The number of fused-ring (bicyclic) bond motifs is 5. The molecule has 6 heteroatoms. The third kappa shape index (κ3) is 2.41. The van der Waals surface area contributed by atoms with E-state index in [1.165, 1.54) is 12.3 Å². The molecule has 1 heterocycles. The predicted octanol–water partition coefficient (Wildman–Crippen LogP) is 2.54. The lowest BCUT2D eigenvalue weighted by atomic mass is 9.41. The molecule has 1 aromatic heterocycles. The summed E-state index contributed by atoms with van der Waals surface area (Å²) in [4.78, 5) is 23.9. The van der Waals surface area contributed by atoms with Gasteiger partial charge in [-0.1, -0.05) is 6.92 Å². The highest BCUT2D eigenvalue weighted by Gasteiger charge is 2.71. The molecule has 4 aliphatic carbocycles. The molecular weight excluding hydrogens is 384 g/mol. The molecule has 1 aromatic rings. The minimum absolute atomic E-state index is 0.0577. The second kappa shape index (κ2) is 6.50. The van der Waals surface area contributed by atoms with Gasteiger partial charge in [0.25, 0.3) is 0 Å². The molecule has 0 bridgehead atoms. The number of hydrogen-bond donors (Lipinski definition) is 3.